The smallest absolute Gasteiger partial charge is 0.148 e. The number of thiol groups is 1. The lowest BCUT2D eigenvalue weighted by atomic mass is 10.1. The molecule has 3 aromatic rings. The maximum Gasteiger partial charge on any atom is 0.148 e. The number of nitrogens with zero attached hydrogens (tertiary/aromatic N) is 1. The van der Waals surface area contributed by atoms with Crippen molar-refractivity contribution >= 4 is 35.3 Å². The Hall–Kier alpha value is -1.98. The molecule has 100 valence electrons. The van der Waals surface area contributed by atoms with Crippen LogP contribution in [0, 0.1) is 0 Å². The molecule has 0 amide bonds. The number of anilines is 2. The Kier molecular flexibility index (Phi) is 3.38. The fraction of sp³-hybridized carbons (Fsp3) is 0. The van der Waals surface area contributed by atoms with Gasteiger partial charge in [0.2, 0.25) is 0 Å². The molecule has 0 fully saturated rings. The minimum absolute atomic E-state index is 0.739. The van der Waals surface area contributed by atoms with Crippen molar-refractivity contribution in [2.24, 2.45) is 0 Å². The molecule has 3 nitrogen and oxygen atoms in total. The zero-order valence-electron chi connectivity index (χ0n) is 10.6. The van der Waals surface area contributed by atoms with Crippen LogP contribution >= 0.6 is 24.0 Å². The molecule has 0 saturated heterocycles. The van der Waals surface area contributed by atoms with Gasteiger partial charge in [-0.15, -0.1) is 24.0 Å². The topological polar surface area (TPSA) is 64.9 Å². The van der Waals surface area contributed by atoms with Crippen molar-refractivity contribution in [2.45, 2.75) is 4.34 Å². The van der Waals surface area contributed by atoms with Crippen LogP contribution in [0.1, 0.15) is 0 Å². The zero-order chi connectivity index (χ0) is 14.1. The van der Waals surface area contributed by atoms with Gasteiger partial charge in [0.25, 0.3) is 0 Å². The SMILES string of the molecule is Nc1ccc(-c2nc(S)sc2-c2ccc(N)cc2)cc1. The van der Waals surface area contributed by atoms with Crippen molar-refractivity contribution in [1.82, 2.24) is 4.98 Å². The van der Waals surface area contributed by atoms with Crippen molar-refractivity contribution in [3.05, 3.63) is 48.5 Å². The van der Waals surface area contributed by atoms with E-state index in [1.54, 1.807) is 11.3 Å². The van der Waals surface area contributed by atoms with Gasteiger partial charge >= 0.3 is 0 Å². The minimum atomic E-state index is 0.739. The van der Waals surface area contributed by atoms with E-state index in [1.807, 2.05) is 48.5 Å². The summed E-state index contributed by atoms with van der Waals surface area (Å²) >= 11 is 5.93. The first kappa shape index (κ1) is 13.0. The van der Waals surface area contributed by atoms with E-state index in [0.717, 1.165) is 37.4 Å². The first-order valence-corrected chi connectivity index (χ1v) is 7.31. The summed E-state index contributed by atoms with van der Waals surface area (Å²) in [6, 6.07) is 15.5. The Labute approximate surface area is 126 Å². The third-order valence-electron chi connectivity index (χ3n) is 2.97. The average molecular weight is 299 g/mol. The maximum absolute atomic E-state index is 5.73. The van der Waals surface area contributed by atoms with E-state index in [2.05, 4.69) is 17.6 Å². The molecule has 4 N–H and O–H groups in total. The van der Waals surface area contributed by atoms with E-state index in [1.165, 1.54) is 0 Å². The summed E-state index contributed by atoms with van der Waals surface area (Å²) in [5, 5.41) is 0. The summed E-state index contributed by atoms with van der Waals surface area (Å²) in [4.78, 5) is 5.60. The van der Waals surface area contributed by atoms with Crippen LogP contribution in [-0.4, -0.2) is 4.98 Å². The molecule has 1 heterocycles. The molecule has 1 aromatic heterocycles. The monoisotopic (exact) mass is 299 g/mol. The molecule has 0 radical (unpaired) electrons. The average Bonchev–Trinajstić information content (AvgIpc) is 2.82. The third kappa shape index (κ3) is 2.50. The van der Waals surface area contributed by atoms with Gasteiger partial charge in [-0.2, -0.15) is 0 Å². The number of hydrogen-bond donors (Lipinski definition) is 3. The number of nitrogen functional groups attached to an aromatic ring is 2. The standard InChI is InChI=1S/C15H13N3S2/c16-11-5-1-9(2-6-11)13-14(20-15(19)18-13)10-3-7-12(17)8-4-10/h1-8H,16-17H2,(H,18,19). The molecule has 0 atom stereocenters. The normalized spacial score (nSPS) is 10.7. The molecular weight excluding hydrogens is 286 g/mol. The van der Waals surface area contributed by atoms with E-state index in [9.17, 15) is 0 Å². The predicted molar refractivity (Wildman–Crippen MR) is 89.1 cm³/mol. The minimum Gasteiger partial charge on any atom is -0.399 e. The highest BCUT2D eigenvalue weighted by molar-refractivity contribution is 7.82. The number of nitrogens with two attached hydrogens (primary N) is 2. The van der Waals surface area contributed by atoms with Gasteiger partial charge in [0.1, 0.15) is 4.34 Å². The summed E-state index contributed by atoms with van der Waals surface area (Å²) in [5.74, 6) is 0. The van der Waals surface area contributed by atoms with Gasteiger partial charge in [-0.05, 0) is 29.8 Å². The van der Waals surface area contributed by atoms with Crippen molar-refractivity contribution in [3.63, 3.8) is 0 Å². The van der Waals surface area contributed by atoms with Gasteiger partial charge < -0.3 is 11.5 Å². The van der Waals surface area contributed by atoms with Gasteiger partial charge in [0, 0.05) is 16.9 Å². The van der Waals surface area contributed by atoms with Crippen LogP contribution in [-0.2, 0) is 0 Å². The highest BCUT2D eigenvalue weighted by atomic mass is 32.2. The maximum atomic E-state index is 5.73. The number of thiazole rings is 1. The third-order valence-corrected chi connectivity index (χ3v) is 4.25. The predicted octanol–water partition coefficient (Wildman–Crippen LogP) is 3.93. The van der Waals surface area contributed by atoms with Crippen LogP contribution in [0.2, 0.25) is 0 Å². The molecule has 20 heavy (non-hydrogen) atoms. The van der Waals surface area contributed by atoms with E-state index in [0.29, 0.717) is 0 Å². The Morgan fingerprint density at radius 2 is 1.30 bits per heavy atom. The number of rotatable bonds is 2. The molecule has 0 spiro atoms. The highest BCUT2D eigenvalue weighted by Crippen LogP contribution is 2.38. The second kappa shape index (κ2) is 5.19. The van der Waals surface area contributed by atoms with Gasteiger partial charge in [0.15, 0.2) is 0 Å². The van der Waals surface area contributed by atoms with Crippen LogP contribution in [0.25, 0.3) is 21.7 Å². The van der Waals surface area contributed by atoms with E-state index in [4.69, 9.17) is 11.5 Å². The number of hydrogen-bond acceptors (Lipinski definition) is 5. The molecule has 0 aliphatic heterocycles. The summed E-state index contributed by atoms with van der Waals surface area (Å²) < 4.78 is 0.739. The van der Waals surface area contributed by atoms with Crippen molar-refractivity contribution in [1.29, 1.82) is 0 Å². The summed E-state index contributed by atoms with van der Waals surface area (Å²) in [7, 11) is 0. The van der Waals surface area contributed by atoms with E-state index in [-0.39, 0.29) is 0 Å². The lowest BCUT2D eigenvalue weighted by Gasteiger charge is -2.04. The van der Waals surface area contributed by atoms with Crippen LogP contribution in [0.4, 0.5) is 11.4 Å². The number of benzene rings is 2. The fourth-order valence-corrected chi connectivity index (χ4v) is 3.18. The van der Waals surface area contributed by atoms with Crippen molar-refractivity contribution in [2.75, 3.05) is 11.5 Å². The van der Waals surface area contributed by atoms with Gasteiger partial charge in [-0.3, -0.25) is 0 Å². The second-order valence-electron chi connectivity index (χ2n) is 4.42. The lowest BCUT2D eigenvalue weighted by Crippen LogP contribution is -1.86. The highest BCUT2D eigenvalue weighted by Gasteiger charge is 2.13. The lowest BCUT2D eigenvalue weighted by molar-refractivity contribution is 1.26. The Bertz CT molecular complexity index is 668. The van der Waals surface area contributed by atoms with Crippen molar-refractivity contribution in [3.8, 4) is 21.7 Å². The first-order chi connectivity index (χ1) is 9.63. The fourth-order valence-electron chi connectivity index (χ4n) is 1.98. The quantitative estimate of drug-likeness (QED) is 0.496. The van der Waals surface area contributed by atoms with Crippen LogP contribution < -0.4 is 11.5 Å². The molecule has 3 rings (SSSR count). The summed E-state index contributed by atoms with van der Waals surface area (Å²) in [6.45, 7) is 0. The Morgan fingerprint density at radius 1 is 0.800 bits per heavy atom. The largest absolute Gasteiger partial charge is 0.399 e. The van der Waals surface area contributed by atoms with Gasteiger partial charge in [0.05, 0.1) is 10.6 Å². The zero-order valence-corrected chi connectivity index (χ0v) is 12.3. The molecule has 0 saturated carbocycles. The second-order valence-corrected chi connectivity index (χ2v) is 6.14. The van der Waals surface area contributed by atoms with Gasteiger partial charge in [-0.1, -0.05) is 24.3 Å². The molecule has 0 unspecified atom stereocenters. The van der Waals surface area contributed by atoms with Crippen LogP contribution in [0.3, 0.4) is 0 Å². The van der Waals surface area contributed by atoms with E-state index < -0.39 is 0 Å². The van der Waals surface area contributed by atoms with Crippen molar-refractivity contribution < 1.29 is 0 Å². The van der Waals surface area contributed by atoms with Crippen LogP contribution in [0.5, 0.6) is 0 Å². The van der Waals surface area contributed by atoms with E-state index >= 15 is 0 Å². The molecule has 0 aliphatic carbocycles. The molecule has 2 aromatic carbocycles. The number of aromatic nitrogens is 1. The molecule has 0 aliphatic rings. The first-order valence-electron chi connectivity index (χ1n) is 6.05. The van der Waals surface area contributed by atoms with Gasteiger partial charge in [-0.25, -0.2) is 4.98 Å². The molecule has 5 heteroatoms. The summed E-state index contributed by atoms with van der Waals surface area (Å²) in [5.41, 5.74) is 16.0. The van der Waals surface area contributed by atoms with Crippen LogP contribution in [0.15, 0.2) is 52.9 Å². The Morgan fingerprint density at radius 3 is 1.85 bits per heavy atom. The molecular formula is C15H13N3S2. The Balaban J connectivity index is 2.12. The summed E-state index contributed by atoms with van der Waals surface area (Å²) in [6.07, 6.45) is 0. The molecule has 0 bridgehead atoms.